The van der Waals surface area contributed by atoms with Crippen molar-refractivity contribution >= 4 is 0 Å². The first-order valence-corrected chi connectivity index (χ1v) is 4.30. The smallest absolute Gasteiger partial charge is 0.0401 e. The number of aromatic nitrogens is 1. The van der Waals surface area contributed by atoms with E-state index in [0.29, 0.717) is 0 Å². The highest BCUT2D eigenvalue weighted by molar-refractivity contribution is 5.13. The maximum atomic E-state index is 4.32. The summed E-state index contributed by atoms with van der Waals surface area (Å²) >= 11 is 0. The Morgan fingerprint density at radius 1 is 1.27 bits per heavy atom. The van der Waals surface area contributed by atoms with Crippen LogP contribution in [0.5, 0.6) is 0 Å². The fourth-order valence-corrected chi connectivity index (χ4v) is 1.10. The second-order valence-electron chi connectivity index (χ2n) is 2.76. The first-order valence-electron chi connectivity index (χ1n) is 4.30. The van der Waals surface area contributed by atoms with Crippen LogP contribution in [0.25, 0.3) is 0 Å². The summed E-state index contributed by atoms with van der Waals surface area (Å²) in [7, 11) is 0. The van der Waals surface area contributed by atoms with Crippen LogP contribution in [0, 0.1) is 0 Å². The Morgan fingerprint density at radius 2 is 2.09 bits per heavy atom. The zero-order valence-corrected chi connectivity index (χ0v) is 7.30. The van der Waals surface area contributed by atoms with Gasteiger partial charge in [-0.05, 0) is 24.5 Å². The van der Waals surface area contributed by atoms with Crippen LogP contribution in [-0.4, -0.2) is 4.98 Å². The molecule has 0 N–H and O–H groups in total. The van der Waals surface area contributed by atoms with Crippen LogP contribution in [0.15, 0.2) is 18.3 Å². The van der Waals surface area contributed by atoms with Gasteiger partial charge in [0.1, 0.15) is 0 Å². The fraction of sp³-hybridized carbons (Fsp3) is 0.500. The Hall–Kier alpha value is -0.850. The number of aryl methyl sites for hydroxylation is 2. The maximum Gasteiger partial charge on any atom is 0.0401 e. The summed E-state index contributed by atoms with van der Waals surface area (Å²) in [5.41, 5.74) is 2.54. The third-order valence-electron chi connectivity index (χ3n) is 1.79. The number of nitrogens with zero attached hydrogens (tertiary/aromatic N) is 1. The molecule has 0 saturated carbocycles. The van der Waals surface area contributed by atoms with Gasteiger partial charge < -0.3 is 0 Å². The summed E-state index contributed by atoms with van der Waals surface area (Å²) in [6.07, 6.45) is 5.37. The SMILES string of the molecule is CCCc1ccc(CC)nc1. The average molecular weight is 149 g/mol. The van der Waals surface area contributed by atoms with E-state index < -0.39 is 0 Å². The molecule has 0 aromatic carbocycles. The van der Waals surface area contributed by atoms with Crippen molar-refractivity contribution in [2.45, 2.75) is 33.1 Å². The average Bonchev–Trinajstić information content (AvgIpc) is 2.07. The van der Waals surface area contributed by atoms with Crippen molar-refractivity contribution in [2.75, 3.05) is 0 Å². The summed E-state index contributed by atoms with van der Waals surface area (Å²) in [5, 5.41) is 0. The normalized spacial score (nSPS) is 10.0. The van der Waals surface area contributed by atoms with E-state index in [1.807, 2.05) is 6.20 Å². The number of hydrogen-bond donors (Lipinski definition) is 0. The number of hydrogen-bond acceptors (Lipinski definition) is 1. The molecule has 0 aliphatic heterocycles. The highest BCUT2D eigenvalue weighted by atomic mass is 14.7. The van der Waals surface area contributed by atoms with Crippen molar-refractivity contribution in [1.29, 1.82) is 0 Å². The van der Waals surface area contributed by atoms with Crippen LogP contribution in [0.3, 0.4) is 0 Å². The Kier molecular flexibility index (Phi) is 3.09. The minimum absolute atomic E-state index is 1.03. The Balaban J connectivity index is 2.66. The van der Waals surface area contributed by atoms with Crippen LogP contribution < -0.4 is 0 Å². The van der Waals surface area contributed by atoms with E-state index in [9.17, 15) is 0 Å². The molecule has 1 heteroatoms. The van der Waals surface area contributed by atoms with Gasteiger partial charge in [-0.1, -0.05) is 26.3 Å². The second-order valence-corrected chi connectivity index (χ2v) is 2.76. The molecule has 1 heterocycles. The highest BCUT2D eigenvalue weighted by Gasteiger charge is 1.91. The predicted molar refractivity (Wildman–Crippen MR) is 47.6 cm³/mol. The third-order valence-corrected chi connectivity index (χ3v) is 1.79. The van der Waals surface area contributed by atoms with E-state index in [1.54, 1.807) is 0 Å². The molecule has 1 aromatic heterocycles. The predicted octanol–water partition coefficient (Wildman–Crippen LogP) is 2.60. The zero-order valence-electron chi connectivity index (χ0n) is 7.30. The van der Waals surface area contributed by atoms with Gasteiger partial charge in [0.25, 0.3) is 0 Å². The summed E-state index contributed by atoms with van der Waals surface area (Å²) in [5.74, 6) is 0. The van der Waals surface area contributed by atoms with Gasteiger partial charge in [-0.15, -0.1) is 0 Å². The van der Waals surface area contributed by atoms with Gasteiger partial charge in [-0.3, -0.25) is 4.98 Å². The summed E-state index contributed by atoms with van der Waals surface area (Å²) in [6.45, 7) is 4.32. The van der Waals surface area contributed by atoms with Crippen molar-refractivity contribution < 1.29 is 0 Å². The lowest BCUT2D eigenvalue weighted by Gasteiger charge is -1.98. The molecule has 0 radical (unpaired) electrons. The van der Waals surface area contributed by atoms with E-state index in [2.05, 4.69) is 31.0 Å². The Labute approximate surface area is 68.5 Å². The highest BCUT2D eigenvalue weighted by Crippen LogP contribution is 2.02. The van der Waals surface area contributed by atoms with Crippen molar-refractivity contribution in [3.05, 3.63) is 29.6 Å². The van der Waals surface area contributed by atoms with Gasteiger partial charge in [0.05, 0.1) is 0 Å². The summed E-state index contributed by atoms with van der Waals surface area (Å²) < 4.78 is 0. The summed E-state index contributed by atoms with van der Waals surface area (Å²) in [4.78, 5) is 4.32. The molecule has 60 valence electrons. The first kappa shape index (κ1) is 8.25. The van der Waals surface area contributed by atoms with Crippen LogP contribution in [0.2, 0.25) is 0 Å². The van der Waals surface area contributed by atoms with Gasteiger partial charge in [-0.2, -0.15) is 0 Å². The van der Waals surface area contributed by atoms with Gasteiger partial charge in [0.2, 0.25) is 0 Å². The zero-order chi connectivity index (χ0) is 8.10. The van der Waals surface area contributed by atoms with Crippen LogP contribution in [-0.2, 0) is 12.8 Å². The monoisotopic (exact) mass is 149 g/mol. The van der Waals surface area contributed by atoms with E-state index in [4.69, 9.17) is 0 Å². The lowest BCUT2D eigenvalue weighted by Crippen LogP contribution is -1.89. The molecule has 0 bridgehead atoms. The molecular formula is C10H15N. The minimum atomic E-state index is 1.03. The topological polar surface area (TPSA) is 12.9 Å². The van der Waals surface area contributed by atoms with Gasteiger partial charge >= 0.3 is 0 Å². The van der Waals surface area contributed by atoms with Crippen molar-refractivity contribution in [3.8, 4) is 0 Å². The lowest BCUT2D eigenvalue weighted by atomic mass is 10.1. The van der Waals surface area contributed by atoms with E-state index in [-0.39, 0.29) is 0 Å². The quantitative estimate of drug-likeness (QED) is 0.643. The van der Waals surface area contributed by atoms with Gasteiger partial charge in [-0.25, -0.2) is 0 Å². The standard InChI is InChI=1S/C10H15N/c1-3-5-9-6-7-10(4-2)11-8-9/h6-8H,3-5H2,1-2H3. The molecule has 0 saturated heterocycles. The minimum Gasteiger partial charge on any atom is -0.261 e. The number of rotatable bonds is 3. The molecule has 0 unspecified atom stereocenters. The molecule has 0 aliphatic rings. The molecule has 0 fully saturated rings. The molecule has 1 aromatic rings. The third kappa shape index (κ3) is 2.34. The lowest BCUT2D eigenvalue weighted by molar-refractivity contribution is 0.904. The van der Waals surface area contributed by atoms with E-state index in [0.717, 1.165) is 12.8 Å². The van der Waals surface area contributed by atoms with Crippen LogP contribution in [0.4, 0.5) is 0 Å². The largest absolute Gasteiger partial charge is 0.261 e. The first-order chi connectivity index (χ1) is 5.36. The van der Waals surface area contributed by atoms with Crippen LogP contribution in [0.1, 0.15) is 31.5 Å². The molecule has 1 nitrogen and oxygen atoms in total. The fourth-order valence-electron chi connectivity index (χ4n) is 1.10. The molecule has 0 amide bonds. The Bertz CT molecular complexity index is 201. The van der Waals surface area contributed by atoms with E-state index in [1.165, 1.54) is 17.7 Å². The van der Waals surface area contributed by atoms with E-state index >= 15 is 0 Å². The Morgan fingerprint density at radius 3 is 2.55 bits per heavy atom. The second kappa shape index (κ2) is 4.12. The molecule has 0 aliphatic carbocycles. The molecule has 0 spiro atoms. The van der Waals surface area contributed by atoms with Crippen molar-refractivity contribution in [1.82, 2.24) is 4.98 Å². The maximum absolute atomic E-state index is 4.32. The summed E-state index contributed by atoms with van der Waals surface area (Å²) in [6, 6.07) is 4.29. The van der Waals surface area contributed by atoms with Gasteiger partial charge in [0, 0.05) is 11.9 Å². The molecular weight excluding hydrogens is 134 g/mol. The number of pyridine rings is 1. The molecule has 0 atom stereocenters. The van der Waals surface area contributed by atoms with Crippen molar-refractivity contribution in [2.24, 2.45) is 0 Å². The molecule has 11 heavy (non-hydrogen) atoms. The molecule has 1 rings (SSSR count). The van der Waals surface area contributed by atoms with Crippen LogP contribution >= 0.6 is 0 Å². The van der Waals surface area contributed by atoms with Crippen molar-refractivity contribution in [3.63, 3.8) is 0 Å². The van der Waals surface area contributed by atoms with Gasteiger partial charge in [0.15, 0.2) is 0 Å².